The number of nitrogens with two attached hydrogens (primary N) is 1. The van der Waals surface area contributed by atoms with Crippen molar-refractivity contribution >= 4 is 29.1 Å². The molecular weight excluding hydrogens is 321 g/mol. The lowest BCUT2D eigenvalue weighted by atomic mass is 9.95. The minimum absolute atomic E-state index is 0.0529. The van der Waals surface area contributed by atoms with Crippen LogP contribution in [0.3, 0.4) is 0 Å². The van der Waals surface area contributed by atoms with Gasteiger partial charge in [-0.2, -0.15) is 0 Å². The summed E-state index contributed by atoms with van der Waals surface area (Å²) < 4.78 is 0. The van der Waals surface area contributed by atoms with Crippen LogP contribution in [-0.4, -0.2) is 43.0 Å². The summed E-state index contributed by atoms with van der Waals surface area (Å²) in [4.78, 5) is 14.6. The number of rotatable bonds is 2. The highest BCUT2D eigenvalue weighted by atomic mass is 35.5. The average molecular weight is 342 g/mol. The highest BCUT2D eigenvalue weighted by molar-refractivity contribution is 6.42. The molecule has 1 aromatic carbocycles. The van der Waals surface area contributed by atoms with E-state index in [1.165, 1.54) is 0 Å². The smallest absolute Gasteiger partial charge is 0.225 e. The summed E-state index contributed by atoms with van der Waals surface area (Å²) in [5.41, 5.74) is 7.33. The molecule has 3 rings (SSSR count). The van der Waals surface area contributed by atoms with Gasteiger partial charge in [0.1, 0.15) is 0 Å². The molecule has 2 fully saturated rings. The number of carbonyl (C=O) groups is 1. The molecule has 2 aliphatic heterocycles. The van der Waals surface area contributed by atoms with E-state index in [0.717, 1.165) is 31.5 Å². The number of amides is 1. The molecule has 1 amide bonds. The molecular formula is C16H21Cl2N3O. The Bertz CT molecular complexity index is 560. The highest BCUT2D eigenvalue weighted by Crippen LogP contribution is 2.32. The van der Waals surface area contributed by atoms with E-state index in [-0.39, 0.29) is 23.8 Å². The van der Waals surface area contributed by atoms with Crippen LogP contribution in [0.1, 0.15) is 24.3 Å². The second-order valence-electron chi connectivity index (χ2n) is 6.21. The zero-order valence-corrected chi connectivity index (χ0v) is 13.9. The van der Waals surface area contributed by atoms with Crippen LogP contribution < -0.4 is 11.1 Å². The first-order valence-corrected chi connectivity index (χ1v) is 8.52. The minimum Gasteiger partial charge on any atom is -0.340 e. The Morgan fingerprint density at radius 1 is 1.18 bits per heavy atom. The number of carbonyl (C=O) groups excluding carboxylic acids is 1. The number of likely N-dealkylation sites (tertiary alicyclic amines) is 1. The first-order chi connectivity index (χ1) is 10.6. The SMILES string of the molecule is N[C@H]1CN(C(=O)C2CCNCC2)C[C@@H]1c1ccc(Cl)c(Cl)c1. The number of piperidine rings is 1. The van der Waals surface area contributed by atoms with Gasteiger partial charge in [-0.25, -0.2) is 0 Å². The van der Waals surface area contributed by atoms with Gasteiger partial charge in [0.15, 0.2) is 0 Å². The number of hydrogen-bond acceptors (Lipinski definition) is 3. The Balaban J connectivity index is 1.70. The first kappa shape index (κ1) is 16.1. The Morgan fingerprint density at radius 3 is 2.59 bits per heavy atom. The average Bonchev–Trinajstić information content (AvgIpc) is 2.92. The molecule has 6 heteroatoms. The van der Waals surface area contributed by atoms with Crippen molar-refractivity contribution in [2.75, 3.05) is 26.2 Å². The normalized spacial score (nSPS) is 26.4. The van der Waals surface area contributed by atoms with Gasteiger partial charge in [-0.05, 0) is 43.6 Å². The third-order valence-corrected chi connectivity index (χ3v) is 5.48. The summed E-state index contributed by atoms with van der Waals surface area (Å²) in [5, 5.41) is 4.37. The fraction of sp³-hybridized carbons (Fsp3) is 0.562. The summed E-state index contributed by atoms with van der Waals surface area (Å²) in [6.07, 6.45) is 1.84. The number of nitrogens with zero attached hydrogens (tertiary/aromatic N) is 1. The second kappa shape index (κ2) is 6.75. The van der Waals surface area contributed by atoms with Gasteiger partial charge < -0.3 is 16.0 Å². The molecule has 3 N–H and O–H groups in total. The molecule has 0 radical (unpaired) electrons. The molecule has 0 saturated carbocycles. The maximum Gasteiger partial charge on any atom is 0.225 e. The molecule has 2 heterocycles. The summed E-state index contributed by atoms with van der Waals surface area (Å²) >= 11 is 12.1. The zero-order valence-electron chi connectivity index (χ0n) is 12.4. The number of benzene rings is 1. The van der Waals surface area contributed by atoms with Crippen molar-refractivity contribution in [1.82, 2.24) is 10.2 Å². The molecule has 0 unspecified atom stereocenters. The summed E-state index contributed by atoms with van der Waals surface area (Å²) in [7, 11) is 0. The van der Waals surface area contributed by atoms with Gasteiger partial charge in [0.2, 0.25) is 5.91 Å². The molecule has 0 bridgehead atoms. The second-order valence-corrected chi connectivity index (χ2v) is 7.03. The van der Waals surface area contributed by atoms with Gasteiger partial charge in [-0.15, -0.1) is 0 Å². The molecule has 1 aromatic rings. The number of nitrogens with one attached hydrogen (secondary N) is 1. The summed E-state index contributed by atoms with van der Waals surface area (Å²) in [6.45, 7) is 3.13. The lowest BCUT2D eigenvalue weighted by Crippen LogP contribution is -2.40. The Morgan fingerprint density at radius 2 is 1.91 bits per heavy atom. The Kier molecular flexibility index (Phi) is 4.93. The molecule has 0 spiro atoms. The van der Waals surface area contributed by atoms with Crippen LogP contribution in [0, 0.1) is 5.92 Å². The van der Waals surface area contributed by atoms with E-state index in [9.17, 15) is 4.79 Å². The van der Waals surface area contributed by atoms with E-state index in [1.54, 1.807) is 6.07 Å². The van der Waals surface area contributed by atoms with Gasteiger partial charge in [-0.1, -0.05) is 29.3 Å². The van der Waals surface area contributed by atoms with Crippen LogP contribution in [0.5, 0.6) is 0 Å². The molecule has 0 aromatic heterocycles. The van der Waals surface area contributed by atoms with Gasteiger partial charge in [0, 0.05) is 31.0 Å². The fourth-order valence-corrected chi connectivity index (χ4v) is 3.74. The van der Waals surface area contributed by atoms with Crippen LogP contribution in [-0.2, 0) is 4.79 Å². The molecule has 0 aliphatic carbocycles. The van der Waals surface area contributed by atoms with Crippen molar-refractivity contribution in [2.24, 2.45) is 11.7 Å². The van der Waals surface area contributed by atoms with Crippen LogP contribution in [0.25, 0.3) is 0 Å². The first-order valence-electron chi connectivity index (χ1n) is 7.76. The lowest BCUT2D eigenvalue weighted by Gasteiger charge is -2.26. The van der Waals surface area contributed by atoms with Crippen LogP contribution in [0.15, 0.2) is 18.2 Å². The molecule has 2 aliphatic rings. The summed E-state index contributed by atoms with van der Waals surface area (Å²) in [6, 6.07) is 5.57. The van der Waals surface area contributed by atoms with Crippen molar-refractivity contribution < 1.29 is 4.79 Å². The van der Waals surface area contributed by atoms with Crippen molar-refractivity contribution in [3.8, 4) is 0 Å². The lowest BCUT2D eigenvalue weighted by molar-refractivity contribution is -0.135. The van der Waals surface area contributed by atoms with E-state index in [2.05, 4.69) is 5.32 Å². The van der Waals surface area contributed by atoms with Crippen LogP contribution in [0.2, 0.25) is 10.0 Å². The fourth-order valence-electron chi connectivity index (χ4n) is 3.43. The number of halogens is 2. The summed E-state index contributed by atoms with van der Waals surface area (Å²) in [5.74, 6) is 0.515. The minimum atomic E-state index is -0.0529. The molecule has 4 nitrogen and oxygen atoms in total. The van der Waals surface area contributed by atoms with E-state index in [4.69, 9.17) is 28.9 Å². The van der Waals surface area contributed by atoms with E-state index >= 15 is 0 Å². The Hall–Kier alpha value is -0.810. The van der Waals surface area contributed by atoms with Crippen molar-refractivity contribution in [1.29, 1.82) is 0 Å². The standard InChI is InChI=1S/C16H21Cl2N3O/c17-13-2-1-11(7-14(13)18)12-8-21(9-15(12)19)16(22)10-3-5-20-6-4-10/h1-2,7,10,12,15,20H,3-6,8-9,19H2/t12-,15+/m1/s1. The zero-order chi connectivity index (χ0) is 15.7. The van der Waals surface area contributed by atoms with E-state index in [0.29, 0.717) is 23.1 Å². The Labute approximate surface area is 140 Å². The molecule has 2 saturated heterocycles. The van der Waals surface area contributed by atoms with Crippen LogP contribution in [0.4, 0.5) is 0 Å². The quantitative estimate of drug-likeness (QED) is 0.867. The largest absolute Gasteiger partial charge is 0.340 e. The monoisotopic (exact) mass is 341 g/mol. The van der Waals surface area contributed by atoms with Crippen molar-refractivity contribution in [2.45, 2.75) is 24.8 Å². The van der Waals surface area contributed by atoms with Crippen molar-refractivity contribution in [3.05, 3.63) is 33.8 Å². The van der Waals surface area contributed by atoms with Gasteiger partial charge >= 0.3 is 0 Å². The van der Waals surface area contributed by atoms with Gasteiger partial charge in [-0.3, -0.25) is 4.79 Å². The van der Waals surface area contributed by atoms with E-state index < -0.39 is 0 Å². The molecule has 2 atom stereocenters. The van der Waals surface area contributed by atoms with E-state index in [1.807, 2.05) is 17.0 Å². The third-order valence-electron chi connectivity index (χ3n) is 4.74. The molecule has 22 heavy (non-hydrogen) atoms. The molecule has 120 valence electrons. The van der Waals surface area contributed by atoms with Gasteiger partial charge in [0.05, 0.1) is 10.0 Å². The van der Waals surface area contributed by atoms with Gasteiger partial charge in [0.25, 0.3) is 0 Å². The number of hydrogen-bond donors (Lipinski definition) is 2. The predicted octanol–water partition coefficient (Wildman–Crippen LogP) is 2.25. The maximum absolute atomic E-state index is 12.6. The maximum atomic E-state index is 12.6. The van der Waals surface area contributed by atoms with Crippen molar-refractivity contribution in [3.63, 3.8) is 0 Å². The third kappa shape index (κ3) is 3.25. The predicted molar refractivity (Wildman–Crippen MR) is 89.4 cm³/mol. The van der Waals surface area contributed by atoms with Crippen LogP contribution >= 0.6 is 23.2 Å². The topological polar surface area (TPSA) is 58.4 Å². The highest BCUT2D eigenvalue weighted by Gasteiger charge is 2.36.